The van der Waals surface area contributed by atoms with E-state index in [4.69, 9.17) is 13.9 Å². The molecule has 3 rings (SSSR count). The normalized spacial score (nSPS) is 30.2. The van der Waals surface area contributed by atoms with Gasteiger partial charge in [0, 0.05) is 34.5 Å². The monoisotopic (exact) mass is 428 g/mol. The summed E-state index contributed by atoms with van der Waals surface area (Å²) in [6, 6.07) is 0. The largest absolute Gasteiger partial charge is 0.461 e. The van der Waals surface area contributed by atoms with Crippen molar-refractivity contribution in [1.29, 1.82) is 0 Å². The van der Waals surface area contributed by atoms with E-state index in [1.807, 2.05) is 34.6 Å². The van der Waals surface area contributed by atoms with Gasteiger partial charge < -0.3 is 13.9 Å². The summed E-state index contributed by atoms with van der Waals surface area (Å²) >= 11 is 0. The summed E-state index contributed by atoms with van der Waals surface area (Å²) < 4.78 is 17.4. The molecule has 6 heteroatoms. The Kier molecular flexibility index (Phi) is 6.30. The number of hydrogen-bond donors (Lipinski definition) is 0. The van der Waals surface area contributed by atoms with E-state index in [-0.39, 0.29) is 35.5 Å². The third-order valence-corrected chi connectivity index (χ3v) is 7.07. The van der Waals surface area contributed by atoms with Crippen molar-refractivity contribution in [3.05, 3.63) is 46.4 Å². The van der Waals surface area contributed by atoms with Crippen LogP contribution in [-0.4, -0.2) is 23.8 Å². The third-order valence-electron chi connectivity index (χ3n) is 7.07. The number of allylic oxidation sites excluding steroid dienone is 2. The van der Waals surface area contributed by atoms with Gasteiger partial charge in [-0.1, -0.05) is 25.5 Å². The van der Waals surface area contributed by atoms with E-state index in [1.54, 1.807) is 26.2 Å². The minimum atomic E-state index is -0.740. The van der Waals surface area contributed by atoms with Gasteiger partial charge in [-0.2, -0.15) is 0 Å². The molecule has 0 spiro atoms. The zero-order valence-electron chi connectivity index (χ0n) is 19.4. The first-order valence-corrected chi connectivity index (χ1v) is 10.8. The average Bonchev–Trinajstić information content (AvgIpc) is 3.08. The van der Waals surface area contributed by atoms with Gasteiger partial charge >= 0.3 is 11.9 Å². The lowest BCUT2D eigenvalue weighted by molar-refractivity contribution is -0.177. The van der Waals surface area contributed by atoms with E-state index in [9.17, 15) is 14.4 Å². The zero-order chi connectivity index (χ0) is 23.1. The molecule has 1 saturated carbocycles. The van der Waals surface area contributed by atoms with Gasteiger partial charge in [0.2, 0.25) is 5.78 Å². The van der Waals surface area contributed by atoms with Crippen LogP contribution < -0.4 is 0 Å². The number of furan rings is 1. The molecule has 0 radical (unpaired) electrons. The first kappa shape index (κ1) is 23.0. The van der Waals surface area contributed by atoms with Crippen LogP contribution in [0.4, 0.5) is 0 Å². The van der Waals surface area contributed by atoms with Crippen LogP contribution in [0, 0.1) is 24.2 Å². The Balaban J connectivity index is 2.06. The number of carbonyl (C=O) groups excluding carboxylic acids is 3. The van der Waals surface area contributed by atoms with Crippen LogP contribution in [-0.2, 0) is 19.1 Å². The van der Waals surface area contributed by atoms with Gasteiger partial charge in [0.1, 0.15) is 12.2 Å². The van der Waals surface area contributed by atoms with Crippen molar-refractivity contribution in [3.63, 3.8) is 0 Å². The van der Waals surface area contributed by atoms with Crippen LogP contribution in [0.3, 0.4) is 0 Å². The summed E-state index contributed by atoms with van der Waals surface area (Å²) in [5.74, 6) is -1.20. The summed E-state index contributed by atoms with van der Waals surface area (Å²) in [5, 5.41) is 0. The van der Waals surface area contributed by atoms with Crippen molar-refractivity contribution in [3.8, 4) is 0 Å². The van der Waals surface area contributed by atoms with Crippen LogP contribution in [0.5, 0.6) is 0 Å². The first-order chi connectivity index (χ1) is 14.5. The molecule has 0 unspecified atom stereocenters. The van der Waals surface area contributed by atoms with Crippen LogP contribution in [0.15, 0.2) is 34.0 Å². The molecule has 0 aliphatic heterocycles. The van der Waals surface area contributed by atoms with Gasteiger partial charge in [-0.05, 0) is 53.0 Å². The fourth-order valence-corrected chi connectivity index (χ4v) is 4.97. The SMILES string of the molecule is CC=C(C)C(=O)O[C@@H]1c2c(C)coc2C(=O)[C@H]2CC[C@H](OC(=O)C=C(C)C)[C@H](C)[C@]21C. The zero-order valence-corrected chi connectivity index (χ0v) is 19.4. The van der Waals surface area contributed by atoms with Crippen LogP contribution in [0.1, 0.15) is 82.2 Å². The van der Waals surface area contributed by atoms with Crippen molar-refractivity contribution in [1.82, 2.24) is 0 Å². The van der Waals surface area contributed by atoms with Gasteiger partial charge in [0.15, 0.2) is 5.76 Å². The summed E-state index contributed by atoms with van der Waals surface area (Å²) in [5.41, 5.74) is 2.02. The van der Waals surface area contributed by atoms with Crippen LogP contribution in [0.2, 0.25) is 0 Å². The molecule has 0 bridgehead atoms. The van der Waals surface area contributed by atoms with Gasteiger partial charge in [-0.15, -0.1) is 0 Å². The Morgan fingerprint density at radius 2 is 1.87 bits per heavy atom. The maximum atomic E-state index is 13.3. The third kappa shape index (κ3) is 3.88. The molecule has 1 aromatic rings. The molecule has 0 amide bonds. The average molecular weight is 429 g/mol. The van der Waals surface area contributed by atoms with Crippen molar-refractivity contribution in [2.75, 3.05) is 0 Å². The van der Waals surface area contributed by atoms with E-state index >= 15 is 0 Å². The van der Waals surface area contributed by atoms with Gasteiger partial charge in [0.05, 0.1) is 6.26 Å². The fourth-order valence-electron chi connectivity index (χ4n) is 4.97. The second-order valence-electron chi connectivity index (χ2n) is 9.26. The molecule has 0 N–H and O–H groups in total. The number of Topliss-reactive ketones (excluding diaryl/α,β-unsaturated/α-hetero) is 1. The molecule has 0 aromatic carbocycles. The topological polar surface area (TPSA) is 82.8 Å². The molecular formula is C25H32O6. The minimum Gasteiger partial charge on any atom is -0.461 e. The molecule has 168 valence electrons. The number of rotatable bonds is 4. The number of ether oxygens (including phenoxy) is 2. The number of hydrogen-bond acceptors (Lipinski definition) is 6. The predicted molar refractivity (Wildman–Crippen MR) is 115 cm³/mol. The lowest BCUT2D eigenvalue weighted by atomic mass is 9.53. The molecule has 2 aliphatic rings. The number of carbonyl (C=O) groups is 3. The highest BCUT2D eigenvalue weighted by Crippen LogP contribution is 2.60. The van der Waals surface area contributed by atoms with E-state index < -0.39 is 17.5 Å². The fraction of sp³-hybridized carbons (Fsp3) is 0.560. The van der Waals surface area contributed by atoms with E-state index in [2.05, 4.69) is 0 Å². The van der Waals surface area contributed by atoms with E-state index in [0.717, 1.165) is 11.1 Å². The molecule has 5 atom stereocenters. The van der Waals surface area contributed by atoms with Gasteiger partial charge in [0.25, 0.3) is 0 Å². The number of ketones is 1. The summed E-state index contributed by atoms with van der Waals surface area (Å²) in [4.78, 5) is 38.4. The molecule has 31 heavy (non-hydrogen) atoms. The van der Waals surface area contributed by atoms with Crippen molar-refractivity contribution >= 4 is 17.7 Å². The Bertz CT molecular complexity index is 961. The maximum absolute atomic E-state index is 13.3. The van der Waals surface area contributed by atoms with Crippen molar-refractivity contribution in [2.45, 2.75) is 73.5 Å². The Morgan fingerprint density at radius 1 is 1.19 bits per heavy atom. The maximum Gasteiger partial charge on any atom is 0.334 e. The molecule has 1 fully saturated rings. The Labute approximate surface area is 183 Å². The van der Waals surface area contributed by atoms with Crippen molar-refractivity contribution < 1.29 is 28.3 Å². The van der Waals surface area contributed by atoms with Gasteiger partial charge in [-0.25, -0.2) is 9.59 Å². The second-order valence-corrected chi connectivity index (χ2v) is 9.26. The minimum absolute atomic E-state index is 0.0680. The number of esters is 2. The standard InChI is InChI=1S/C25H32O6/c1-8-14(4)24(28)31-23-20-15(5)12-29-22(20)21(27)17-9-10-18(16(6)25(17,23)7)30-19(26)11-13(2)3/h8,11-12,16-18,23H,9-10H2,1-7H3/t16-,17+,18-,23+,25+/m0/s1. The summed E-state index contributed by atoms with van der Waals surface area (Å²) in [6.45, 7) is 13.0. The lowest BCUT2D eigenvalue weighted by Gasteiger charge is -2.53. The number of aryl methyl sites for hydroxylation is 1. The Hall–Kier alpha value is -2.63. The van der Waals surface area contributed by atoms with Gasteiger partial charge in [-0.3, -0.25) is 4.79 Å². The smallest absolute Gasteiger partial charge is 0.334 e. The Morgan fingerprint density at radius 3 is 2.48 bits per heavy atom. The highest BCUT2D eigenvalue weighted by atomic mass is 16.6. The molecule has 2 aliphatic carbocycles. The van der Waals surface area contributed by atoms with Crippen molar-refractivity contribution in [2.24, 2.45) is 17.3 Å². The predicted octanol–water partition coefficient (Wildman–Crippen LogP) is 5.27. The quantitative estimate of drug-likeness (QED) is 0.480. The molecule has 1 aromatic heterocycles. The highest BCUT2D eigenvalue weighted by Gasteiger charge is 2.61. The van der Waals surface area contributed by atoms with Crippen LogP contribution >= 0.6 is 0 Å². The summed E-state index contributed by atoms with van der Waals surface area (Å²) in [7, 11) is 0. The molecular weight excluding hydrogens is 396 g/mol. The lowest BCUT2D eigenvalue weighted by Crippen LogP contribution is -2.55. The molecule has 1 heterocycles. The summed E-state index contributed by atoms with van der Waals surface area (Å²) in [6.07, 6.45) is 4.76. The first-order valence-electron chi connectivity index (χ1n) is 10.8. The van der Waals surface area contributed by atoms with Crippen LogP contribution in [0.25, 0.3) is 0 Å². The van der Waals surface area contributed by atoms with E-state index in [1.165, 1.54) is 6.08 Å². The molecule has 0 saturated heterocycles. The van der Waals surface area contributed by atoms with E-state index in [0.29, 0.717) is 24.0 Å². The second kappa shape index (κ2) is 8.48. The number of fused-ring (bicyclic) bond motifs is 2. The highest BCUT2D eigenvalue weighted by molar-refractivity contribution is 5.99. The molecule has 6 nitrogen and oxygen atoms in total.